The summed E-state index contributed by atoms with van der Waals surface area (Å²) in [6.07, 6.45) is -1.79. The first-order valence-corrected chi connectivity index (χ1v) is 14.3. The zero-order chi connectivity index (χ0) is 33.9. The molecule has 1 aliphatic heterocycles. The summed E-state index contributed by atoms with van der Waals surface area (Å²) in [4.78, 5) is 29.8. The Balaban J connectivity index is 1.39. The number of aromatic nitrogens is 3. The highest BCUT2D eigenvalue weighted by atomic mass is 19.4. The minimum absolute atomic E-state index is 0.0439. The number of nitrogens with zero attached hydrogens (tertiary/aromatic N) is 3. The summed E-state index contributed by atoms with van der Waals surface area (Å²) in [6.45, 7) is -3.48. The summed E-state index contributed by atoms with van der Waals surface area (Å²) in [5, 5.41) is 18.5. The Morgan fingerprint density at radius 2 is 1.89 bits per heavy atom. The molecule has 4 aromatic rings. The molecule has 2 aromatic heterocycles. The van der Waals surface area contributed by atoms with Crippen LogP contribution in [0.1, 0.15) is 47.4 Å². The summed E-state index contributed by atoms with van der Waals surface area (Å²) >= 11 is 0. The number of amides is 2. The van der Waals surface area contributed by atoms with Gasteiger partial charge in [-0.2, -0.15) is 27.1 Å². The van der Waals surface area contributed by atoms with E-state index >= 15 is 0 Å². The number of ether oxygens (including phenoxy) is 3. The van der Waals surface area contributed by atoms with E-state index in [0.717, 1.165) is 31.0 Å². The van der Waals surface area contributed by atoms with Gasteiger partial charge in [0.05, 0.1) is 25.4 Å². The number of hydrogen-bond donors (Lipinski definition) is 3. The normalized spacial score (nSPS) is 18.8. The second kappa shape index (κ2) is 11.4. The molecule has 0 radical (unpaired) electrons. The molecule has 2 aliphatic rings. The number of alkyl halides is 5. The van der Waals surface area contributed by atoms with E-state index in [-0.39, 0.29) is 52.3 Å². The lowest BCUT2D eigenvalue weighted by Gasteiger charge is -2.31. The molecule has 0 saturated heterocycles. The van der Waals surface area contributed by atoms with Crippen LogP contribution in [-0.2, 0) is 15.8 Å². The zero-order valence-corrected chi connectivity index (χ0v) is 24.9. The largest absolute Gasteiger partial charge is 0.494 e. The van der Waals surface area contributed by atoms with Gasteiger partial charge in [-0.05, 0) is 62.2 Å². The van der Waals surface area contributed by atoms with Crippen molar-refractivity contribution in [2.45, 2.75) is 49.6 Å². The Bertz CT molecular complexity index is 1880. The fourth-order valence-electron chi connectivity index (χ4n) is 5.37. The van der Waals surface area contributed by atoms with Gasteiger partial charge < -0.3 is 30.4 Å². The summed E-state index contributed by atoms with van der Waals surface area (Å²) in [5.74, 6) is -1.95. The first kappa shape index (κ1) is 32.0. The molecule has 0 unspecified atom stereocenters. The lowest BCUT2D eigenvalue weighted by Crippen LogP contribution is -2.51. The number of carbonyl (C=O) groups excluding carboxylic acids is 2. The molecule has 0 spiro atoms. The van der Waals surface area contributed by atoms with Crippen molar-refractivity contribution >= 4 is 22.7 Å². The maximum Gasteiger partial charge on any atom is 0.424 e. The molecule has 0 bridgehead atoms. The minimum Gasteiger partial charge on any atom is -0.494 e. The van der Waals surface area contributed by atoms with Gasteiger partial charge in [-0.1, -0.05) is 0 Å². The average Bonchev–Trinajstić information content (AvgIpc) is 3.69. The highest BCUT2D eigenvalue weighted by Gasteiger charge is 2.57. The van der Waals surface area contributed by atoms with Gasteiger partial charge in [0.2, 0.25) is 11.5 Å². The van der Waals surface area contributed by atoms with Crippen LogP contribution < -0.4 is 25.3 Å². The third kappa shape index (κ3) is 5.66. The van der Waals surface area contributed by atoms with Gasteiger partial charge >= 0.3 is 12.8 Å². The number of benzene rings is 2. The van der Waals surface area contributed by atoms with Crippen molar-refractivity contribution in [2.75, 3.05) is 20.3 Å². The van der Waals surface area contributed by atoms with Gasteiger partial charge in [0, 0.05) is 28.3 Å². The van der Waals surface area contributed by atoms with E-state index in [2.05, 4.69) is 20.1 Å². The van der Waals surface area contributed by atoms with Crippen molar-refractivity contribution in [2.24, 2.45) is 5.73 Å². The number of halogens is 5. The number of primary amides is 1. The number of nitrogens with one attached hydrogen (secondary N) is 1. The van der Waals surface area contributed by atoms with Gasteiger partial charge in [-0.15, -0.1) is 0 Å². The molecule has 47 heavy (non-hydrogen) atoms. The fraction of sp³-hybridized carbons (Fsp3) is 0.355. The summed E-state index contributed by atoms with van der Waals surface area (Å²) in [5.41, 5.74) is -0.549. The van der Waals surface area contributed by atoms with Crippen molar-refractivity contribution in [3.63, 3.8) is 0 Å². The Kier molecular flexibility index (Phi) is 7.73. The van der Waals surface area contributed by atoms with E-state index in [1.54, 1.807) is 10.9 Å². The fourth-order valence-corrected chi connectivity index (χ4v) is 5.37. The third-order valence-electron chi connectivity index (χ3n) is 8.36. The molecule has 2 aromatic carbocycles. The van der Waals surface area contributed by atoms with E-state index in [0.29, 0.717) is 10.9 Å². The highest BCUT2D eigenvalue weighted by Crippen LogP contribution is 2.48. The molecule has 3 heterocycles. The number of carbonyl (C=O) groups is 2. The van der Waals surface area contributed by atoms with Crippen LogP contribution in [-0.4, -0.2) is 64.7 Å². The Labute approximate surface area is 263 Å². The molecule has 4 N–H and O–H groups in total. The number of aliphatic hydroxyl groups is 1. The third-order valence-corrected chi connectivity index (χ3v) is 8.36. The van der Waals surface area contributed by atoms with Crippen LogP contribution >= 0.6 is 0 Å². The summed E-state index contributed by atoms with van der Waals surface area (Å²) in [6, 6.07) is 8.65. The molecular formula is C31H28F5N5O6. The molecule has 6 rings (SSSR count). The predicted octanol–water partition coefficient (Wildman–Crippen LogP) is 4.36. The van der Waals surface area contributed by atoms with Gasteiger partial charge in [-0.25, -0.2) is 4.98 Å². The van der Waals surface area contributed by atoms with Gasteiger partial charge in [0.15, 0.2) is 0 Å². The van der Waals surface area contributed by atoms with Crippen LogP contribution in [0.15, 0.2) is 48.7 Å². The number of methoxy groups -OCH3 is 1. The second-order valence-corrected chi connectivity index (χ2v) is 11.6. The molecule has 1 fully saturated rings. The number of hydrogen-bond acceptors (Lipinski definition) is 8. The predicted molar refractivity (Wildman–Crippen MR) is 155 cm³/mol. The van der Waals surface area contributed by atoms with E-state index < -0.39 is 47.9 Å². The SMILES string of the molecule is COc1cc(C(=O)NC[C@](O)(c2cc3c(c(-c4ccc(OC(F)F)cc4)n2)OC[C@]3(C)C(N)=O)C(F)(F)F)cc2cn(C3CC3)nc12. The second-order valence-electron chi connectivity index (χ2n) is 11.6. The lowest BCUT2D eigenvalue weighted by atomic mass is 9.81. The zero-order valence-electron chi connectivity index (χ0n) is 24.9. The summed E-state index contributed by atoms with van der Waals surface area (Å²) in [7, 11) is 1.37. The number of pyridine rings is 1. The molecule has 248 valence electrons. The first-order chi connectivity index (χ1) is 22.1. The standard InChI is InChI=1S/C31H28F5N5O6/c1-29(27(37)43)14-46-25-20(29)11-22(39-24(25)15-3-7-19(8-4-15)47-28(32)33)30(44,31(34,35)36)13-38-26(42)16-9-17-12-41(18-5-6-18)40-23(17)21(10-16)45-2/h3-4,7-12,18,28,44H,5-6,13-14H2,1-2H3,(H2,37,43)(H,38,42)/t29-,30-/m0/s1. The number of fused-ring (bicyclic) bond motifs is 2. The highest BCUT2D eigenvalue weighted by molar-refractivity contribution is 6.00. The van der Waals surface area contributed by atoms with Crippen molar-refractivity contribution < 1.29 is 50.9 Å². The van der Waals surface area contributed by atoms with E-state index in [4.69, 9.17) is 15.2 Å². The molecule has 1 aliphatic carbocycles. The monoisotopic (exact) mass is 661 g/mol. The molecule has 16 heteroatoms. The molecule has 1 saturated carbocycles. The van der Waals surface area contributed by atoms with Crippen LogP contribution in [0.4, 0.5) is 22.0 Å². The van der Waals surface area contributed by atoms with Crippen LogP contribution in [0.2, 0.25) is 0 Å². The van der Waals surface area contributed by atoms with Gasteiger partial charge in [0.1, 0.15) is 40.5 Å². The topological polar surface area (TPSA) is 151 Å². The van der Waals surface area contributed by atoms with Crippen molar-refractivity contribution in [3.05, 3.63) is 65.5 Å². The maximum absolute atomic E-state index is 14.8. The molecule has 2 atom stereocenters. The maximum atomic E-state index is 14.8. The smallest absolute Gasteiger partial charge is 0.424 e. The van der Waals surface area contributed by atoms with Crippen molar-refractivity contribution in [1.29, 1.82) is 0 Å². The Morgan fingerprint density at radius 1 is 1.19 bits per heavy atom. The Hall–Kier alpha value is -4.99. The Morgan fingerprint density at radius 3 is 2.49 bits per heavy atom. The number of rotatable bonds is 10. The first-order valence-electron chi connectivity index (χ1n) is 14.3. The minimum atomic E-state index is -5.40. The molecule has 11 nitrogen and oxygen atoms in total. The lowest BCUT2D eigenvalue weighted by molar-refractivity contribution is -0.265. The van der Waals surface area contributed by atoms with E-state index in [9.17, 15) is 36.6 Å². The van der Waals surface area contributed by atoms with Gasteiger partial charge in [-0.3, -0.25) is 14.3 Å². The molecule has 2 amide bonds. The molecular weight excluding hydrogens is 633 g/mol. The summed E-state index contributed by atoms with van der Waals surface area (Å²) < 4.78 is 86.9. The van der Waals surface area contributed by atoms with E-state index in [1.807, 2.05) is 0 Å². The van der Waals surface area contributed by atoms with Gasteiger partial charge in [0.25, 0.3) is 5.91 Å². The van der Waals surface area contributed by atoms with Crippen LogP contribution in [0.3, 0.4) is 0 Å². The van der Waals surface area contributed by atoms with Crippen molar-refractivity contribution in [1.82, 2.24) is 20.1 Å². The van der Waals surface area contributed by atoms with Crippen LogP contribution in [0.5, 0.6) is 17.2 Å². The number of nitrogens with two attached hydrogens (primary N) is 1. The van der Waals surface area contributed by atoms with E-state index in [1.165, 1.54) is 38.3 Å². The average molecular weight is 662 g/mol. The van der Waals surface area contributed by atoms with Crippen LogP contribution in [0.25, 0.3) is 22.2 Å². The van der Waals surface area contributed by atoms with Crippen LogP contribution in [0, 0.1) is 0 Å². The van der Waals surface area contributed by atoms with Crippen molar-refractivity contribution in [3.8, 4) is 28.5 Å². The quantitative estimate of drug-likeness (QED) is 0.212.